The maximum Gasteiger partial charge on any atom is 0.0363 e. The highest BCUT2D eigenvalue weighted by Crippen LogP contribution is 2.18. The van der Waals surface area contributed by atoms with Gasteiger partial charge in [0.15, 0.2) is 0 Å². The summed E-state index contributed by atoms with van der Waals surface area (Å²) in [4.78, 5) is 0. The summed E-state index contributed by atoms with van der Waals surface area (Å²) in [6, 6.07) is 21.7. The van der Waals surface area contributed by atoms with Gasteiger partial charge in [0.1, 0.15) is 0 Å². The van der Waals surface area contributed by atoms with Crippen molar-refractivity contribution in [2.45, 2.75) is 32.7 Å². The summed E-state index contributed by atoms with van der Waals surface area (Å²) in [7, 11) is 0. The zero-order valence-electron chi connectivity index (χ0n) is 14.2. The highest BCUT2D eigenvalue weighted by atomic mass is 14.9. The van der Waals surface area contributed by atoms with Crippen LogP contribution in [0.3, 0.4) is 0 Å². The molecule has 1 nitrogen and oxygen atoms in total. The van der Waals surface area contributed by atoms with Crippen molar-refractivity contribution < 1.29 is 0 Å². The Hall–Kier alpha value is -2.12. The standard InChI is InChI=1S/C22H27N/c1-3-5-12-19(4-2)18-23-22(21-15-10-7-11-16-21)17-20-13-8-6-9-14-20/h4-16,22-23H,3,17-18H2,1-2H3/b12-5-,19-4+. The lowest BCUT2D eigenvalue weighted by Crippen LogP contribution is -2.25. The average Bonchev–Trinajstić information content (AvgIpc) is 2.62. The van der Waals surface area contributed by atoms with E-state index < -0.39 is 0 Å². The molecule has 0 aromatic heterocycles. The van der Waals surface area contributed by atoms with Crippen molar-refractivity contribution in [3.63, 3.8) is 0 Å². The Morgan fingerprint density at radius 2 is 1.65 bits per heavy atom. The molecular formula is C22H27N. The van der Waals surface area contributed by atoms with Gasteiger partial charge >= 0.3 is 0 Å². The molecule has 0 spiro atoms. The molecule has 1 heteroatoms. The van der Waals surface area contributed by atoms with Crippen LogP contribution in [0.2, 0.25) is 0 Å². The zero-order chi connectivity index (χ0) is 16.3. The number of hydrogen-bond acceptors (Lipinski definition) is 1. The quantitative estimate of drug-likeness (QED) is 0.637. The molecule has 2 aromatic rings. The first-order valence-electron chi connectivity index (χ1n) is 8.47. The Morgan fingerprint density at radius 1 is 1.00 bits per heavy atom. The fourth-order valence-electron chi connectivity index (χ4n) is 2.61. The van der Waals surface area contributed by atoms with Crippen molar-refractivity contribution in [2.24, 2.45) is 0 Å². The van der Waals surface area contributed by atoms with E-state index in [2.05, 4.69) is 98.1 Å². The maximum atomic E-state index is 3.72. The van der Waals surface area contributed by atoms with E-state index in [4.69, 9.17) is 0 Å². The Morgan fingerprint density at radius 3 is 2.26 bits per heavy atom. The van der Waals surface area contributed by atoms with Crippen LogP contribution in [-0.4, -0.2) is 6.54 Å². The fourth-order valence-corrected chi connectivity index (χ4v) is 2.61. The summed E-state index contributed by atoms with van der Waals surface area (Å²) in [6.45, 7) is 5.16. The summed E-state index contributed by atoms with van der Waals surface area (Å²) < 4.78 is 0. The SMILES string of the molecule is C/C=C(\C=C/CC)CNC(Cc1ccccc1)c1ccccc1. The molecule has 2 aromatic carbocycles. The number of allylic oxidation sites excluding steroid dienone is 2. The van der Waals surface area contributed by atoms with Crippen LogP contribution in [0.25, 0.3) is 0 Å². The average molecular weight is 305 g/mol. The molecule has 0 amide bonds. The van der Waals surface area contributed by atoms with Gasteiger partial charge in [0.25, 0.3) is 0 Å². The van der Waals surface area contributed by atoms with E-state index >= 15 is 0 Å². The predicted molar refractivity (Wildman–Crippen MR) is 101 cm³/mol. The summed E-state index contributed by atoms with van der Waals surface area (Å²) in [5, 5.41) is 3.72. The Labute approximate surface area is 140 Å². The van der Waals surface area contributed by atoms with Gasteiger partial charge in [0.2, 0.25) is 0 Å². The van der Waals surface area contributed by atoms with Crippen molar-refractivity contribution in [1.82, 2.24) is 5.32 Å². The van der Waals surface area contributed by atoms with Gasteiger partial charge in [-0.05, 0) is 36.5 Å². The van der Waals surface area contributed by atoms with Gasteiger partial charge in [-0.15, -0.1) is 0 Å². The highest BCUT2D eigenvalue weighted by molar-refractivity contribution is 5.25. The highest BCUT2D eigenvalue weighted by Gasteiger charge is 2.11. The summed E-state index contributed by atoms with van der Waals surface area (Å²) >= 11 is 0. The minimum Gasteiger partial charge on any atom is -0.306 e. The van der Waals surface area contributed by atoms with Crippen LogP contribution in [0.4, 0.5) is 0 Å². The first-order chi connectivity index (χ1) is 11.3. The van der Waals surface area contributed by atoms with Crippen molar-refractivity contribution >= 4 is 0 Å². The maximum absolute atomic E-state index is 3.72. The third kappa shape index (κ3) is 5.88. The lowest BCUT2D eigenvalue weighted by Gasteiger charge is -2.20. The van der Waals surface area contributed by atoms with E-state index in [-0.39, 0.29) is 0 Å². The van der Waals surface area contributed by atoms with E-state index in [0.717, 1.165) is 19.4 Å². The van der Waals surface area contributed by atoms with E-state index in [0.29, 0.717) is 6.04 Å². The molecule has 0 saturated heterocycles. The third-order valence-electron chi connectivity index (χ3n) is 3.98. The molecule has 120 valence electrons. The summed E-state index contributed by atoms with van der Waals surface area (Å²) in [5.41, 5.74) is 4.03. The fraction of sp³-hybridized carbons (Fsp3) is 0.273. The monoisotopic (exact) mass is 305 g/mol. The second kappa shape index (κ2) is 9.81. The van der Waals surface area contributed by atoms with Crippen molar-refractivity contribution in [3.8, 4) is 0 Å². The molecule has 0 aliphatic heterocycles. The molecule has 0 aliphatic carbocycles. The molecule has 0 bridgehead atoms. The lowest BCUT2D eigenvalue weighted by molar-refractivity contribution is 0.559. The molecule has 0 radical (unpaired) electrons. The van der Waals surface area contributed by atoms with Gasteiger partial charge in [-0.2, -0.15) is 0 Å². The molecule has 1 unspecified atom stereocenters. The Balaban J connectivity index is 2.09. The van der Waals surface area contributed by atoms with E-state index in [9.17, 15) is 0 Å². The van der Waals surface area contributed by atoms with E-state index in [1.54, 1.807) is 0 Å². The van der Waals surface area contributed by atoms with Crippen LogP contribution < -0.4 is 5.32 Å². The van der Waals surface area contributed by atoms with E-state index in [1.807, 2.05) is 0 Å². The van der Waals surface area contributed by atoms with Gasteiger partial charge < -0.3 is 5.32 Å². The minimum atomic E-state index is 0.323. The summed E-state index contributed by atoms with van der Waals surface area (Å²) in [5.74, 6) is 0. The summed E-state index contributed by atoms with van der Waals surface area (Å²) in [6.07, 6.45) is 8.69. The second-order valence-electron chi connectivity index (χ2n) is 5.71. The molecule has 0 saturated carbocycles. The molecule has 2 rings (SSSR count). The first-order valence-corrected chi connectivity index (χ1v) is 8.47. The van der Waals surface area contributed by atoms with Crippen molar-refractivity contribution in [3.05, 3.63) is 95.6 Å². The van der Waals surface area contributed by atoms with Crippen LogP contribution >= 0.6 is 0 Å². The predicted octanol–water partition coefficient (Wildman–Crippen LogP) is 5.47. The van der Waals surface area contributed by atoms with Crippen LogP contribution in [0.15, 0.2) is 84.5 Å². The van der Waals surface area contributed by atoms with Gasteiger partial charge in [-0.25, -0.2) is 0 Å². The number of hydrogen-bond donors (Lipinski definition) is 1. The first kappa shape index (κ1) is 17.2. The normalized spacial score (nSPS) is 13.4. The zero-order valence-corrected chi connectivity index (χ0v) is 14.2. The molecular weight excluding hydrogens is 278 g/mol. The number of nitrogens with one attached hydrogen (secondary N) is 1. The van der Waals surface area contributed by atoms with Gasteiger partial charge in [0, 0.05) is 12.6 Å². The van der Waals surface area contributed by atoms with E-state index in [1.165, 1.54) is 16.7 Å². The van der Waals surface area contributed by atoms with Crippen LogP contribution in [-0.2, 0) is 6.42 Å². The molecule has 23 heavy (non-hydrogen) atoms. The molecule has 1 N–H and O–H groups in total. The van der Waals surface area contributed by atoms with Crippen LogP contribution in [0, 0.1) is 0 Å². The smallest absolute Gasteiger partial charge is 0.0363 e. The third-order valence-corrected chi connectivity index (χ3v) is 3.98. The van der Waals surface area contributed by atoms with Crippen LogP contribution in [0.5, 0.6) is 0 Å². The number of rotatable bonds is 8. The minimum absolute atomic E-state index is 0.323. The van der Waals surface area contributed by atoms with Crippen molar-refractivity contribution in [2.75, 3.05) is 6.54 Å². The molecule has 0 aliphatic rings. The second-order valence-corrected chi connectivity index (χ2v) is 5.71. The molecule has 0 heterocycles. The Kier molecular flexibility index (Phi) is 7.35. The topological polar surface area (TPSA) is 12.0 Å². The van der Waals surface area contributed by atoms with Gasteiger partial charge in [-0.1, -0.05) is 85.8 Å². The van der Waals surface area contributed by atoms with Crippen LogP contribution in [0.1, 0.15) is 37.4 Å². The molecule has 0 fully saturated rings. The Bertz CT molecular complexity index is 611. The van der Waals surface area contributed by atoms with Crippen molar-refractivity contribution in [1.29, 1.82) is 0 Å². The molecule has 1 atom stereocenters. The van der Waals surface area contributed by atoms with Gasteiger partial charge in [-0.3, -0.25) is 0 Å². The largest absolute Gasteiger partial charge is 0.306 e. The van der Waals surface area contributed by atoms with Gasteiger partial charge in [0.05, 0.1) is 0 Å². The number of benzene rings is 2. The lowest BCUT2D eigenvalue weighted by atomic mass is 9.98.